The molecule has 1 aliphatic heterocycles. The molecule has 1 aliphatic rings. The first kappa shape index (κ1) is 20.3. The number of hydrogen-bond acceptors (Lipinski definition) is 5. The van der Waals surface area contributed by atoms with E-state index >= 15 is 0 Å². The number of hydrogen-bond donors (Lipinski definition) is 1. The van der Waals surface area contributed by atoms with Crippen LogP contribution in [0.25, 0.3) is 5.76 Å². The van der Waals surface area contributed by atoms with Crippen LogP contribution < -0.4 is 4.74 Å². The molecule has 6 nitrogen and oxygen atoms in total. The molecule has 0 unspecified atom stereocenters. The summed E-state index contributed by atoms with van der Waals surface area (Å²) in [6.45, 7) is 0.106. The lowest BCUT2D eigenvalue weighted by Gasteiger charge is -2.25. The van der Waals surface area contributed by atoms with Crippen LogP contribution in [0.5, 0.6) is 5.75 Å². The van der Waals surface area contributed by atoms with Crippen molar-refractivity contribution >= 4 is 17.4 Å². The maximum atomic E-state index is 13.5. The summed E-state index contributed by atoms with van der Waals surface area (Å²) in [6, 6.07) is 14.7. The van der Waals surface area contributed by atoms with Gasteiger partial charge in [-0.15, -0.1) is 0 Å². The van der Waals surface area contributed by atoms with Crippen LogP contribution in [-0.4, -0.2) is 33.8 Å². The number of nitrogens with zero attached hydrogens (tertiary/aromatic N) is 2. The number of carbonyl (C=O) groups is 2. The van der Waals surface area contributed by atoms with Crippen LogP contribution in [0.1, 0.15) is 22.7 Å². The van der Waals surface area contributed by atoms with Gasteiger partial charge in [0.1, 0.15) is 17.3 Å². The number of rotatable bonds is 5. The van der Waals surface area contributed by atoms with E-state index in [0.29, 0.717) is 16.9 Å². The van der Waals surface area contributed by atoms with Gasteiger partial charge in [-0.1, -0.05) is 30.3 Å². The Morgan fingerprint density at radius 1 is 1.13 bits per heavy atom. The predicted molar refractivity (Wildman–Crippen MR) is 111 cm³/mol. The number of aliphatic hydroxyl groups excluding tert-OH is 1. The van der Waals surface area contributed by atoms with Crippen molar-refractivity contribution in [1.29, 1.82) is 0 Å². The minimum Gasteiger partial charge on any atom is -0.507 e. The highest BCUT2D eigenvalue weighted by Gasteiger charge is 2.46. The van der Waals surface area contributed by atoms with Gasteiger partial charge >= 0.3 is 0 Å². The zero-order valence-corrected chi connectivity index (χ0v) is 16.7. The van der Waals surface area contributed by atoms with Crippen molar-refractivity contribution in [1.82, 2.24) is 9.88 Å². The van der Waals surface area contributed by atoms with Gasteiger partial charge in [0.2, 0.25) is 0 Å². The molecule has 1 amide bonds. The number of ketones is 1. The van der Waals surface area contributed by atoms with Gasteiger partial charge in [0.05, 0.1) is 18.7 Å². The third-order valence-electron chi connectivity index (χ3n) is 5.14. The number of benzene rings is 2. The second kappa shape index (κ2) is 8.39. The van der Waals surface area contributed by atoms with Crippen LogP contribution in [0, 0.1) is 5.82 Å². The van der Waals surface area contributed by atoms with Crippen LogP contribution in [0.15, 0.2) is 78.6 Å². The van der Waals surface area contributed by atoms with Crippen molar-refractivity contribution in [3.05, 3.63) is 101 Å². The number of amides is 1. The Balaban J connectivity index is 1.86. The van der Waals surface area contributed by atoms with Crippen molar-refractivity contribution in [3.63, 3.8) is 0 Å². The zero-order valence-electron chi connectivity index (χ0n) is 16.7. The highest BCUT2D eigenvalue weighted by atomic mass is 19.1. The number of aliphatic hydroxyl groups is 1. The van der Waals surface area contributed by atoms with Gasteiger partial charge < -0.3 is 14.7 Å². The normalized spacial score (nSPS) is 17.7. The maximum Gasteiger partial charge on any atom is 0.295 e. The summed E-state index contributed by atoms with van der Waals surface area (Å²) in [6.07, 6.45) is 3.21. The molecule has 1 saturated heterocycles. The fourth-order valence-electron chi connectivity index (χ4n) is 3.65. The molecule has 0 bridgehead atoms. The third-order valence-corrected chi connectivity index (χ3v) is 5.14. The molecule has 0 aliphatic carbocycles. The molecule has 0 radical (unpaired) electrons. The molecule has 1 fully saturated rings. The summed E-state index contributed by atoms with van der Waals surface area (Å²) in [5.74, 6) is -1.82. The van der Waals surface area contributed by atoms with Crippen molar-refractivity contribution in [2.75, 3.05) is 7.11 Å². The Morgan fingerprint density at radius 3 is 2.58 bits per heavy atom. The SMILES string of the molecule is COc1cccc(C(O)=C2C(=O)C(=O)N(Cc3cccnc3)[C@H]2c2ccc(F)cc2)c1. The molecule has 1 aromatic heterocycles. The first-order valence-electron chi connectivity index (χ1n) is 9.57. The summed E-state index contributed by atoms with van der Waals surface area (Å²) < 4.78 is 18.7. The molecule has 31 heavy (non-hydrogen) atoms. The number of aromatic nitrogens is 1. The van der Waals surface area contributed by atoms with E-state index in [0.717, 1.165) is 5.56 Å². The van der Waals surface area contributed by atoms with E-state index in [-0.39, 0.29) is 17.9 Å². The lowest BCUT2D eigenvalue weighted by molar-refractivity contribution is -0.140. The molecule has 2 aromatic carbocycles. The van der Waals surface area contributed by atoms with Gasteiger partial charge in [0, 0.05) is 24.5 Å². The largest absolute Gasteiger partial charge is 0.507 e. The molecule has 1 N–H and O–H groups in total. The minimum atomic E-state index is -0.882. The first-order valence-corrected chi connectivity index (χ1v) is 9.57. The smallest absolute Gasteiger partial charge is 0.295 e. The number of pyridine rings is 1. The van der Waals surface area contributed by atoms with Gasteiger partial charge in [-0.2, -0.15) is 0 Å². The zero-order chi connectivity index (χ0) is 22.0. The summed E-state index contributed by atoms with van der Waals surface area (Å²) in [5.41, 5.74) is 1.51. The van der Waals surface area contributed by atoms with E-state index in [1.165, 1.54) is 36.3 Å². The van der Waals surface area contributed by atoms with Crippen molar-refractivity contribution in [3.8, 4) is 5.75 Å². The Kier molecular flexibility index (Phi) is 5.49. The molecule has 4 rings (SSSR count). The van der Waals surface area contributed by atoms with Gasteiger partial charge in [-0.05, 0) is 41.5 Å². The van der Waals surface area contributed by atoms with E-state index in [1.54, 1.807) is 48.8 Å². The third kappa shape index (κ3) is 3.90. The molecule has 0 spiro atoms. The topological polar surface area (TPSA) is 79.7 Å². The second-order valence-corrected chi connectivity index (χ2v) is 7.07. The highest BCUT2D eigenvalue weighted by molar-refractivity contribution is 6.46. The van der Waals surface area contributed by atoms with Crippen LogP contribution in [0.2, 0.25) is 0 Å². The molecular weight excluding hydrogens is 399 g/mol. The van der Waals surface area contributed by atoms with Crippen LogP contribution in [-0.2, 0) is 16.1 Å². The summed E-state index contributed by atoms with van der Waals surface area (Å²) in [5, 5.41) is 11.0. The monoisotopic (exact) mass is 418 g/mol. The van der Waals surface area contributed by atoms with Gasteiger partial charge in [0.15, 0.2) is 0 Å². The average molecular weight is 418 g/mol. The second-order valence-electron chi connectivity index (χ2n) is 7.07. The van der Waals surface area contributed by atoms with Crippen molar-refractivity contribution in [2.45, 2.75) is 12.6 Å². The van der Waals surface area contributed by atoms with Gasteiger partial charge in [-0.3, -0.25) is 14.6 Å². The lowest BCUT2D eigenvalue weighted by Crippen LogP contribution is -2.29. The molecule has 2 heterocycles. The number of ether oxygens (including phenoxy) is 1. The van der Waals surface area contributed by atoms with Gasteiger partial charge in [0.25, 0.3) is 11.7 Å². The van der Waals surface area contributed by atoms with Crippen LogP contribution in [0.3, 0.4) is 0 Å². The average Bonchev–Trinajstić information content (AvgIpc) is 3.05. The summed E-state index contributed by atoms with van der Waals surface area (Å²) in [4.78, 5) is 31.4. The predicted octanol–water partition coefficient (Wildman–Crippen LogP) is 3.85. The number of halogens is 1. The Labute approximate surface area is 178 Å². The van der Waals surface area contributed by atoms with E-state index in [1.807, 2.05) is 0 Å². The molecule has 1 atom stereocenters. The standard InChI is InChI=1S/C24H19FN2O4/c1-31-19-6-2-5-17(12-19)22(28)20-21(16-7-9-18(25)10-8-16)27(24(30)23(20)29)14-15-4-3-11-26-13-15/h2-13,21,28H,14H2,1H3/t21-/m0/s1. The minimum absolute atomic E-state index is 0.0613. The number of Topliss-reactive ketones (excluding diaryl/α,β-unsaturated/α-hetero) is 1. The Bertz CT molecular complexity index is 1160. The quantitative estimate of drug-likeness (QED) is 0.387. The summed E-state index contributed by atoms with van der Waals surface area (Å²) in [7, 11) is 1.49. The summed E-state index contributed by atoms with van der Waals surface area (Å²) >= 11 is 0. The molecular formula is C24H19FN2O4. The fourth-order valence-corrected chi connectivity index (χ4v) is 3.65. The van der Waals surface area contributed by atoms with E-state index in [2.05, 4.69) is 4.98 Å². The van der Waals surface area contributed by atoms with Crippen molar-refractivity contribution < 1.29 is 23.8 Å². The lowest BCUT2D eigenvalue weighted by atomic mass is 9.95. The Morgan fingerprint density at radius 2 is 1.90 bits per heavy atom. The van der Waals surface area contributed by atoms with Gasteiger partial charge in [-0.25, -0.2) is 4.39 Å². The fraction of sp³-hybridized carbons (Fsp3) is 0.125. The molecule has 156 valence electrons. The number of likely N-dealkylation sites (tertiary alicyclic amines) is 1. The number of methoxy groups -OCH3 is 1. The van der Waals surface area contributed by atoms with Crippen molar-refractivity contribution in [2.24, 2.45) is 0 Å². The van der Waals surface area contributed by atoms with E-state index in [4.69, 9.17) is 4.74 Å². The maximum absolute atomic E-state index is 13.5. The first-order chi connectivity index (χ1) is 15.0. The Hall–Kier alpha value is -4.00. The highest BCUT2D eigenvalue weighted by Crippen LogP contribution is 2.40. The van der Waals surface area contributed by atoms with E-state index < -0.39 is 23.5 Å². The molecule has 0 saturated carbocycles. The molecule has 3 aromatic rings. The van der Waals surface area contributed by atoms with E-state index in [9.17, 15) is 19.1 Å². The number of carbonyl (C=O) groups excluding carboxylic acids is 2. The van der Waals surface area contributed by atoms with Crippen LogP contribution >= 0.6 is 0 Å². The molecule has 7 heteroatoms. The van der Waals surface area contributed by atoms with Crippen LogP contribution in [0.4, 0.5) is 4.39 Å².